The Morgan fingerprint density at radius 2 is 2.00 bits per heavy atom. The highest BCUT2D eigenvalue weighted by molar-refractivity contribution is 5.28. The first kappa shape index (κ1) is 8.68. The van der Waals surface area contributed by atoms with Crippen LogP contribution in [0.3, 0.4) is 0 Å². The Kier molecular flexibility index (Phi) is 1.92. The molecule has 5 heteroatoms. The number of halogens is 1. The van der Waals surface area contributed by atoms with E-state index in [4.69, 9.17) is 0 Å². The van der Waals surface area contributed by atoms with Crippen molar-refractivity contribution in [3.63, 3.8) is 0 Å². The largest absolute Gasteiger partial charge is 0.692 e. The first-order valence-electron chi connectivity index (χ1n) is 4.09. The molecule has 0 saturated carbocycles. The minimum absolute atomic E-state index is 0.338. The average molecular weight is 193 g/mol. The fourth-order valence-electron chi connectivity index (χ4n) is 1.18. The van der Waals surface area contributed by atoms with Crippen LogP contribution < -0.4 is 4.85 Å². The molecule has 2 rings (SSSR count). The molecule has 0 aliphatic heterocycles. The number of benzene rings is 1. The average Bonchev–Trinajstić information content (AvgIpc) is 2.47. The molecule has 2 aromatic rings. The van der Waals surface area contributed by atoms with E-state index in [0.29, 0.717) is 16.2 Å². The molecule has 72 valence electrons. The van der Waals surface area contributed by atoms with Crippen molar-refractivity contribution in [1.82, 2.24) is 9.90 Å². The topological polar surface area (TPSA) is 44.8 Å². The second-order valence-corrected chi connectivity index (χ2v) is 2.94. The highest BCUT2D eigenvalue weighted by atomic mass is 19.1. The van der Waals surface area contributed by atoms with Crippen LogP contribution in [0.4, 0.5) is 4.39 Å². The second-order valence-electron chi connectivity index (χ2n) is 2.94. The zero-order chi connectivity index (χ0) is 10.1. The number of rotatable bonds is 1. The van der Waals surface area contributed by atoms with Gasteiger partial charge in [-0.25, -0.2) is 4.39 Å². The maximum atomic E-state index is 12.6. The van der Waals surface area contributed by atoms with Crippen LogP contribution in [0.5, 0.6) is 0 Å². The lowest BCUT2D eigenvalue weighted by molar-refractivity contribution is -0.688. The van der Waals surface area contributed by atoms with E-state index < -0.39 is 0 Å². The van der Waals surface area contributed by atoms with E-state index in [1.54, 1.807) is 6.92 Å². The molecular weight excluding hydrogens is 185 g/mol. The smallest absolute Gasteiger partial charge is 0.216 e. The summed E-state index contributed by atoms with van der Waals surface area (Å²) >= 11 is 0. The first-order valence-corrected chi connectivity index (χ1v) is 4.09. The van der Waals surface area contributed by atoms with E-state index in [-0.39, 0.29) is 5.82 Å². The molecule has 0 fully saturated rings. The fourth-order valence-corrected chi connectivity index (χ4v) is 1.18. The van der Waals surface area contributed by atoms with Crippen molar-refractivity contribution in [1.29, 1.82) is 0 Å². The lowest BCUT2D eigenvalue weighted by Gasteiger charge is -2.01. The molecule has 0 N–H and O–H groups in total. The van der Waals surface area contributed by atoms with E-state index >= 15 is 0 Å². The van der Waals surface area contributed by atoms with Crippen LogP contribution in [-0.2, 0) is 0 Å². The van der Waals surface area contributed by atoms with E-state index in [1.165, 1.54) is 30.5 Å². The van der Waals surface area contributed by atoms with Crippen LogP contribution in [0.15, 0.2) is 30.5 Å². The molecule has 0 aliphatic carbocycles. The third kappa shape index (κ3) is 1.44. The summed E-state index contributed by atoms with van der Waals surface area (Å²) in [5, 5.41) is 15.2. The predicted octanol–water partition coefficient (Wildman–Crippen LogP) is 0.953. The summed E-state index contributed by atoms with van der Waals surface area (Å²) in [6.07, 6.45) is 1.35. The van der Waals surface area contributed by atoms with Crippen molar-refractivity contribution in [2.24, 2.45) is 0 Å². The zero-order valence-corrected chi connectivity index (χ0v) is 7.51. The maximum absolute atomic E-state index is 12.6. The Morgan fingerprint density at radius 1 is 1.36 bits per heavy atom. The minimum Gasteiger partial charge on any atom is -0.692 e. The number of aryl methyl sites for hydroxylation is 1. The Balaban J connectivity index is 2.49. The van der Waals surface area contributed by atoms with Gasteiger partial charge in [-0.1, -0.05) is 0 Å². The van der Waals surface area contributed by atoms with Crippen molar-refractivity contribution in [3.05, 3.63) is 47.2 Å². The summed E-state index contributed by atoms with van der Waals surface area (Å²) in [6.45, 7) is 1.72. The van der Waals surface area contributed by atoms with Gasteiger partial charge < -0.3 is 5.21 Å². The van der Waals surface area contributed by atoms with Gasteiger partial charge >= 0.3 is 0 Å². The monoisotopic (exact) mass is 193 g/mol. The molecule has 0 radical (unpaired) electrons. The first-order chi connectivity index (χ1) is 6.66. The molecule has 1 aromatic heterocycles. The molecular formula is C9H8FN3O. The predicted molar refractivity (Wildman–Crippen MR) is 47.2 cm³/mol. The normalized spacial score (nSPS) is 10.4. The van der Waals surface area contributed by atoms with Crippen molar-refractivity contribution in [2.75, 3.05) is 0 Å². The van der Waals surface area contributed by atoms with Crippen LogP contribution in [0.1, 0.15) is 5.69 Å². The molecule has 0 amide bonds. The van der Waals surface area contributed by atoms with E-state index in [1.807, 2.05) is 0 Å². The molecule has 14 heavy (non-hydrogen) atoms. The van der Waals surface area contributed by atoms with Gasteiger partial charge in [0.1, 0.15) is 11.5 Å². The Hall–Kier alpha value is -1.91. The maximum Gasteiger partial charge on any atom is 0.216 e. The van der Waals surface area contributed by atoms with Gasteiger partial charge in [-0.3, -0.25) is 0 Å². The lowest BCUT2D eigenvalue weighted by atomic mass is 10.3. The van der Waals surface area contributed by atoms with Crippen molar-refractivity contribution in [3.8, 4) is 5.69 Å². The second kappa shape index (κ2) is 3.10. The summed E-state index contributed by atoms with van der Waals surface area (Å²) in [5.41, 5.74) is 1.15. The molecule has 1 heterocycles. The lowest BCUT2D eigenvalue weighted by Crippen LogP contribution is -2.36. The fraction of sp³-hybridized carbons (Fsp3) is 0.111. The summed E-state index contributed by atoms with van der Waals surface area (Å²) in [4.78, 5) is 1.76. The molecule has 4 nitrogen and oxygen atoms in total. The highest BCUT2D eigenvalue weighted by Gasteiger charge is 2.09. The summed E-state index contributed by atoms with van der Waals surface area (Å²) in [7, 11) is 0. The van der Waals surface area contributed by atoms with Crippen molar-refractivity contribution >= 4 is 0 Å². The summed E-state index contributed by atoms with van der Waals surface area (Å²) < 4.78 is 12.6. The molecule has 0 atom stereocenters. The Bertz CT molecular complexity index is 450. The van der Waals surface area contributed by atoms with Gasteiger partial charge in [0.25, 0.3) is 0 Å². The van der Waals surface area contributed by atoms with E-state index in [2.05, 4.69) is 5.10 Å². The van der Waals surface area contributed by atoms with Gasteiger partial charge in [-0.15, -0.1) is 0 Å². The van der Waals surface area contributed by atoms with Gasteiger partial charge in [0.05, 0.1) is 0 Å². The number of nitrogens with zero attached hydrogens (tertiary/aromatic N) is 3. The van der Waals surface area contributed by atoms with Crippen LogP contribution >= 0.6 is 0 Å². The van der Waals surface area contributed by atoms with Crippen LogP contribution in [0.25, 0.3) is 5.69 Å². The van der Waals surface area contributed by atoms with Crippen molar-refractivity contribution in [2.45, 2.75) is 6.92 Å². The van der Waals surface area contributed by atoms with E-state index in [9.17, 15) is 9.60 Å². The molecule has 1 aromatic carbocycles. The van der Waals surface area contributed by atoms with Gasteiger partial charge in [-0.05, 0) is 29.1 Å². The van der Waals surface area contributed by atoms with Gasteiger partial charge in [-0.2, -0.15) is 4.85 Å². The number of hydrogen-bond donors (Lipinski definition) is 0. The standard InChI is InChI=1S/C9H8FN3O/c1-7-6-12(14)13(11-7)9-4-2-8(10)3-5-9/h2-6H,1H3. The molecule has 0 saturated heterocycles. The summed E-state index contributed by atoms with van der Waals surface area (Å²) in [6, 6.07) is 5.56. The number of hydrogen-bond acceptors (Lipinski definition) is 2. The minimum atomic E-state index is -0.338. The number of aromatic nitrogens is 3. The quantitative estimate of drug-likeness (QED) is 0.500. The van der Waals surface area contributed by atoms with Crippen LogP contribution in [0.2, 0.25) is 0 Å². The van der Waals surface area contributed by atoms with Gasteiger partial charge in [0.15, 0.2) is 6.20 Å². The van der Waals surface area contributed by atoms with Gasteiger partial charge in [0, 0.05) is 12.0 Å². The third-order valence-electron chi connectivity index (χ3n) is 1.79. The molecule has 0 unspecified atom stereocenters. The third-order valence-corrected chi connectivity index (χ3v) is 1.79. The molecule has 0 spiro atoms. The van der Waals surface area contributed by atoms with Crippen molar-refractivity contribution < 1.29 is 9.24 Å². The van der Waals surface area contributed by atoms with Gasteiger partial charge in [0.2, 0.25) is 5.69 Å². The SMILES string of the molecule is Cc1c[n+]([O-])n(-c2ccc(F)cc2)n1. The Labute approximate surface area is 79.8 Å². The summed E-state index contributed by atoms with van der Waals surface area (Å²) in [5.74, 6) is -0.338. The zero-order valence-electron chi connectivity index (χ0n) is 7.51. The highest BCUT2D eigenvalue weighted by Crippen LogP contribution is 2.05. The Morgan fingerprint density at radius 3 is 2.50 bits per heavy atom. The van der Waals surface area contributed by atoms with Crippen LogP contribution in [-0.4, -0.2) is 9.90 Å². The van der Waals surface area contributed by atoms with Crippen LogP contribution in [0, 0.1) is 17.9 Å². The molecule has 0 bridgehead atoms. The molecule has 0 aliphatic rings. The van der Waals surface area contributed by atoms with E-state index in [0.717, 1.165) is 4.80 Å².